The van der Waals surface area contributed by atoms with E-state index in [1.165, 1.54) is 0 Å². The van der Waals surface area contributed by atoms with Gasteiger partial charge < -0.3 is 16.8 Å². The SMILES string of the molecule is C=C[n+]1coc2ccccc21.[Cl-]. The standard InChI is InChI=1S/C9H8NO.ClH/c1-2-10-7-11-9-6-4-3-5-8(9)10;/h2-7H,1H2;1H/q+1;/p-1. The summed E-state index contributed by atoms with van der Waals surface area (Å²) < 4.78 is 7.07. The molecule has 0 N–H and O–H groups in total. The first-order valence-corrected chi connectivity index (χ1v) is 3.42. The minimum absolute atomic E-state index is 0. The third kappa shape index (κ3) is 1.21. The van der Waals surface area contributed by atoms with Gasteiger partial charge in [0.05, 0.1) is 0 Å². The molecule has 0 spiro atoms. The highest BCUT2D eigenvalue weighted by Gasteiger charge is 2.07. The number of hydrogen-bond donors (Lipinski definition) is 0. The van der Waals surface area contributed by atoms with Gasteiger partial charge in [-0.15, -0.1) is 4.57 Å². The molecule has 0 radical (unpaired) electrons. The molecule has 2 nitrogen and oxygen atoms in total. The maximum Gasteiger partial charge on any atom is 0.340 e. The molecule has 0 atom stereocenters. The summed E-state index contributed by atoms with van der Waals surface area (Å²) in [6, 6.07) is 7.83. The molecule has 12 heavy (non-hydrogen) atoms. The van der Waals surface area contributed by atoms with Crippen LogP contribution in [-0.2, 0) is 0 Å². The summed E-state index contributed by atoms with van der Waals surface area (Å²) in [6.45, 7) is 3.66. The van der Waals surface area contributed by atoms with Gasteiger partial charge in [-0.1, -0.05) is 12.1 Å². The Morgan fingerprint density at radius 1 is 1.33 bits per heavy atom. The molecule has 0 saturated carbocycles. The van der Waals surface area contributed by atoms with E-state index in [0.717, 1.165) is 11.1 Å². The molecule has 0 saturated heterocycles. The summed E-state index contributed by atoms with van der Waals surface area (Å²) in [6.07, 6.45) is 3.35. The lowest BCUT2D eigenvalue weighted by atomic mass is 10.3. The molecule has 0 fully saturated rings. The maximum atomic E-state index is 5.23. The number of para-hydroxylation sites is 2. The molecular formula is C9H8ClNO. The van der Waals surface area contributed by atoms with Gasteiger partial charge in [-0.25, -0.2) is 0 Å². The van der Waals surface area contributed by atoms with Crippen LogP contribution in [0.4, 0.5) is 0 Å². The van der Waals surface area contributed by atoms with Crippen molar-refractivity contribution in [1.29, 1.82) is 0 Å². The molecule has 0 bridgehead atoms. The van der Waals surface area contributed by atoms with Crippen LogP contribution in [0.3, 0.4) is 0 Å². The lowest BCUT2D eigenvalue weighted by Gasteiger charge is -1.79. The molecule has 2 aromatic rings. The predicted octanol–water partition coefficient (Wildman–Crippen LogP) is -1.18. The first-order chi connectivity index (χ1) is 5.42. The first kappa shape index (κ1) is 8.81. The van der Waals surface area contributed by atoms with Crippen LogP contribution in [0, 0.1) is 0 Å². The summed E-state index contributed by atoms with van der Waals surface area (Å²) in [7, 11) is 0. The van der Waals surface area contributed by atoms with Crippen LogP contribution < -0.4 is 17.0 Å². The maximum absolute atomic E-state index is 5.23. The van der Waals surface area contributed by atoms with Crippen molar-refractivity contribution in [3.8, 4) is 0 Å². The Bertz CT molecular complexity index is 394. The molecule has 2 rings (SSSR count). The largest absolute Gasteiger partial charge is 1.00 e. The highest BCUT2D eigenvalue weighted by molar-refractivity contribution is 5.68. The predicted molar refractivity (Wildman–Crippen MR) is 42.8 cm³/mol. The van der Waals surface area contributed by atoms with E-state index in [4.69, 9.17) is 4.42 Å². The molecule has 1 aromatic carbocycles. The number of hydrogen-bond acceptors (Lipinski definition) is 1. The van der Waals surface area contributed by atoms with Crippen LogP contribution in [0.5, 0.6) is 0 Å². The Morgan fingerprint density at radius 2 is 2.08 bits per heavy atom. The second-order valence-electron chi connectivity index (χ2n) is 2.28. The number of fused-ring (bicyclic) bond motifs is 1. The Labute approximate surface area is 76.5 Å². The van der Waals surface area contributed by atoms with Gasteiger partial charge in [0.15, 0.2) is 6.20 Å². The summed E-state index contributed by atoms with van der Waals surface area (Å²) in [5.74, 6) is 0. The average Bonchev–Trinajstić information content (AvgIpc) is 2.47. The Hall–Kier alpha value is -1.28. The highest BCUT2D eigenvalue weighted by Crippen LogP contribution is 2.08. The highest BCUT2D eigenvalue weighted by atomic mass is 35.5. The minimum atomic E-state index is 0. The molecule has 1 aromatic heterocycles. The fourth-order valence-electron chi connectivity index (χ4n) is 1.08. The van der Waals surface area contributed by atoms with Crippen LogP contribution in [0.15, 0.2) is 41.7 Å². The Kier molecular flexibility index (Phi) is 2.51. The molecule has 0 unspecified atom stereocenters. The lowest BCUT2D eigenvalue weighted by Crippen LogP contribution is -3.00. The summed E-state index contributed by atoms with van der Waals surface area (Å²) in [5.41, 5.74) is 1.93. The van der Waals surface area contributed by atoms with Crippen LogP contribution in [-0.4, -0.2) is 0 Å². The van der Waals surface area contributed by atoms with Gasteiger partial charge >= 0.3 is 6.39 Å². The Morgan fingerprint density at radius 3 is 2.83 bits per heavy atom. The first-order valence-electron chi connectivity index (χ1n) is 3.42. The molecule has 1 heterocycles. The molecule has 0 amide bonds. The third-order valence-corrected chi connectivity index (χ3v) is 1.63. The van der Waals surface area contributed by atoms with Gasteiger partial charge in [0.25, 0.3) is 5.52 Å². The second-order valence-corrected chi connectivity index (χ2v) is 2.28. The normalized spacial score (nSPS) is 9.33. The lowest BCUT2D eigenvalue weighted by molar-refractivity contribution is -0.544. The van der Waals surface area contributed by atoms with E-state index in [1.54, 1.807) is 12.6 Å². The molecule has 0 aliphatic carbocycles. The van der Waals surface area contributed by atoms with Gasteiger partial charge in [-0.3, -0.25) is 0 Å². The van der Waals surface area contributed by atoms with E-state index in [2.05, 4.69) is 6.58 Å². The molecule has 0 aliphatic rings. The summed E-state index contributed by atoms with van der Waals surface area (Å²) >= 11 is 0. The van der Waals surface area contributed by atoms with Crippen molar-refractivity contribution in [2.75, 3.05) is 0 Å². The Balaban J connectivity index is 0.000000720. The van der Waals surface area contributed by atoms with E-state index in [9.17, 15) is 0 Å². The fourth-order valence-corrected chi connectivity index (χ4v) is 1.08. The van der Waals surface area contributed by atoms with Crippen molar-refractivity contribution in [1.82, 2.24) is 0 Å². The zero-order valence-electron chi connectivity index (χ0n) is 6.40. The van der Waals surface area contributed by atoms with E-state index in [0.29, 0.717) is 0 Å². The number of oxazole rings is 1. The number of benzene rings is 1. The average molecular weight is 182 g/mol. The topological polar surface area (TPSA) is 17.0 Å². The van der Waals surface area contributed by atoms with Crippen LogP contribution in [0.25, 0.3) is 17.3 Å². The number of aromatic nitrogens is 1. The summed E-state index contributed by atoms with van der Waals surface area (Å²) in [4.78, 5) is 0. The molecular weight excluding hydrogens is 174 g/mol. The van der Waals surface area contributed by atoms with E-state index < -0.39 is 0 Å². The van der Waals surface area contributed by atoms with Gasteiger partial charge in [0.2, 0.25) is 5.58 Å². The third-order valence-electron chi connectivity index (χ3n) is 1.63. The smallest absolute Gasteiger partial charge is 0.340 e. The van der Waals surface area contributed by atoms with Gasteiger partial charge in [-0.2, -0.15) is 0 Å². The van der Waals surface area contributed by atoms with Gasteiger partial charge in [0, 0.05) is 6.07 Å². The van der Waals surface area contributed by atoms with E-state index >= 15 is 0 Å². The fraction of sp³-hybridized carbons (Fsp3) is 0. The van der Waals surface area contributed by atoms with Crippen molar-refractivity contribution in [3.05, 3.63) is 37.2 Å². The van der Waals surface area contributed by atoms with Crippen molar-refractivity contribution in [3.63, 3.8) is 0 Å². The number of rotatable bonds is 1. The number of halogens is 1. The van der Waals surface area contributed by atoms with Gasteiger partial charge in [0.1, 0.15) is 0 Å². The quantitative estimate of drug-likeness (QED) is 0.507. The minimum Gasteiger partial charge on any atom is -1.00 e. The second kappa shape index (κ2) is 3.41. The zero-order valence-corrected chi connectivity index (χ0v) is 7.16. The summed E-state index contributed by atoms with van der Waals surface area (Å²) in [5, 5.41) is 0. The van der Waals surface area contributed by atoms with E-state index in [-0.39, 0.29) is 12.4 Å². The monoisotopic (exact) mass is 181 g/mol. The van der Waals surface area contributed by atoms with Gasteiger partial charge in [-0.05, 0) is 12.6 Å². The van der Waals surface area contributed by atoms with Crippen molar-refractivity contribution >= 4 is 17.3 Å². The van der Waals surface area contributed by atoms with Crippen LogP contribution in [0.2, 0.25) is 0 Å². The molecule has 0 aliphatic heterocycles. The van der Waals surface area contributed by atoms with Crippen molar-refractivity contribution in [2.24, 2.45) is 0 Å². The van der Waals surface area contributed by atoms with Crippen molar-refractivity contribution < 1.29 is 21.4 Å². The van der Waals surface area contributed by atoms with E-state index in [1.807, 2.05) is 28.8 Å². The van der Waals surface area contributed by atoms with Crippen molar-refractivity contribution in [2.45, 2.75) is 0 Å². The zero-order chi connectivity index (χ0) is 7.68. The van der Waals surface area contributed by atoms with Crippen LogP contribution >= 0.6 is 0 Å². The molecule has 3 heteroatoms. The number of nitrogens with zero attached hydrogens (tertiary/aromatic N) is 1. The molecule has 62 valence electrons. The van der Waals surface area contributed by atoms with Crippen LogP contribution in [0.1, 0.15) is 0 Å².